The second-order valence-corrected chi connectivity index (χ2v) is 7.81. The van der Waals surface area contributed by atoms with Crippen molar-refractivity contribution in [3.8, 4) is 22.8 Å². The maximum atomic E-state index is 5.45. The minimum atomic E-state index is 0.542. The molecule has 0 radical (unpaired) electrons. The number of hydrogen-bond donors (Lipinski definition) is 1. The van der Waals surface area contributed by atoms with Crippen LogP contribution in [0.2, 0.25) is 0 Å². The van der Waals surface area contributed by atoms with Crippen molar-refractivity contribution in [3.63, 3.8) is 0 Å². The second-order valence-electron chi connectivity index (χ2n) is 7.81. The number of fused-ring (bicyclic) bond motifs is 3. The zero-order valence-corrected chi connectivity index (χ0v) is 18.4. The predicted molar refractivity (Wildman–Crippen MR) is 124 cm³/mol. The van der Waals surface area contributed by atoms with Crippen molar-refractivity contribution in [2.75, 3.05) is 19.5 Å². The summed E-state index contributed by atoms with van der Waals surface area (Å²) in [4.78, 5) is 9.47. The van der Waals surface area contributed by atoms with E-state index in [9.17, 15) is 0 Å². The lowest BCUT2D eigenvalue weighted by molar-refractivity contribution is 0.414. The molecule has 2 aromatic heterocycles. The van der Waals surface area contributed by atoms with Crippen LogP contribution in [0.15, 0.2) is 54.7 Å². The molecule has 32 heavy (non-hydrogen) atoms. The van der Waals surface area contributed by atoms with Crippen molar-refractivity contribution < 1.29 is 9.47 Å². The Hall–Kier alpha value is -3.87. The van der Waals surface area contributed by atoms with Crippen LogP contribution in [0.25, 0.3) is 11.3 Å². The summed E-state index contributed by atoms with van der Waals surface area (Å²) in [5.74, 6) is 2.14. The van der Waals surface area contributed by atoms with Gasteiger partial charge >= 0.3 is 0 Å². The molecule has 0 aliphatic heterocycles. The van der Waals surface area contributed by atoms with Gasteiger partial charge in [0.15, 0.2) is 0 Å². The number of para-hydroxylation sites is 2. The van der Waals surface area contributed by atoms with Gasteiger partial charge in [-0.05, 0) is 48.2 Å². The van der Waals surface area contributed by atoms with Crippen molar-refractivity contribution in [2.45, 2.75) is 19.3 Å². The summed E-state index contributed by atoms with van der Waals surface area (Å²) in [6.45, 7) is 0. The van der Waals surface area contributed by atoms with Crippen molar-refractivity contribution in [1.82, 2.24) is 19.7 Å². The topological polar surface area (TPSA) is 74.1 Å². The third kappa shape index (κ3) is 3.66. The molecule has 2 aromatic carbocycles. The Labute approximate surface area is 187 Å². The number of aryl methyl sites for hydroxylation is 3. The molecule has 0 fully saturated rings. The smallest absolute Gasteiger partial charge is 0.227 e. The average molecular weight is 428 g/mol. The highest BCUT2D eigenvalue weighted by Crippen LogP contribution is 2.36. The number of aromatic nitrogens is 4. The molecular formula is C25H25N5O2. The van der Waals surface area contributed by atoms with Crippen molar-refractivity contribution in [3.05, 3.63) is 77.2 Å². The number of benzene rings is 2. The molecule has 162 valence electrons. The third-order valence-electron chi connectivity index (χ3n) is 5.86. The van der Waals surface area contributed by atoms with E-state index in [-0.39, 0.29) is 0 Å². The first-order chi connectivity index (χ1) is 15.7. The minimum Gasteiger partial charge on any atom is -0.497 e. The van der Waals surface area contributed by atoms with Gasteiger partial charge in [-0.3, -0.25) is 4.68 Å². The van der Waals surface area contributed by atoms with Gasteiger partial charge < -0.3 is 14.8 Å². The Balaban J connectivity index is 1.52. The number of nitrogens with zero attached hydrogens (tertiary/aromatic N) is 4. The Kier molecular flexibility index (Phi) is 5.23. The molecule has 5 rings (SSSR count). The number of hydrogen-bond acceptors (Lipinski definition) is 6. The van der Waals surface area contributed by atoms with E-state index in [1.165, 1.54) is 5.56 Å². The molecular weight excluding hydrogens is 402 g/mol. The van der Waals surface area contributed by atoms with Crippen LogP contribution in [0.5, 0.6) is 11.5 Å². The van der Waals surface area contributed by atoms with Crippen molar-refractivity contribution >= 4 is 11.6 Å². The quantitative estimate of drug-likeness (QED) is 0.494. The van der Waals surface area contributed by atoms with Gasteiger partial charge in [0.1, 0.15) is 11.5 Å². The fourth-order valence-electron chi connectivity index (χ4n) is 4.20. The number of anilines is 2. The van der Waals surface area contributed by atoms with Gasteiger partial charge in [-0.1, -0.05) is 24.3 Å². The summed E-state index contributed by atoms with van der Waals surface area (Å²) in [7, 11) is 5.34. The third-order valence-corrected chi connectivity index (χ3v) is 5.86. The lowest BCUT2D eigenvalue weighted by Crippen LogP contribution is -2.09. The van der Waals surface area contributed by atoms with Crippen LogP contribution in [0.4, 0.5) is 11.6 Å². The molecule has 0 saturated carbocycles. The second kappa shape index (κ2) is 8.34. The molecule has 1 aliphatic rings. The fraction of sp³-hybridized carbons (Fsp3) is 0.240. The van der Waals surface area contributed by atoms with Gasteiger partial charge in [0.05, 0.1) is 37.0 Å². The molecule has 2 heterocycles. The van der Waals surface area contributed by atoms with Gasteiger partial charge in [0.25, 0.3) is 0 Å². The van der Waals surface area contributed by atoms with Crippen LogP contribution in [-0.4, -0.2) is 34.0 Å². The predicted octanol–water partition coefficient (Wildman–Crippen LogP) is 4.33. The largest absolute Gasteiger partial charge is 0.497 e. The summed E-state index contributed by atoms with van der Waals surface area (Å²) < 4.78 is 12.7. The highest BCUT2D eigenvalue weighted by atomic mass is 16.5. The number of ether oxygens (including phenoxy) is 2. The van der Waals surface area contributed by atoms with Gasteiger partial charge in [-0.25, -0.2) is 9.97 Å². The number of nitrogens with one attached hydrogen (secondary N) is 1. The van der Waals surface area contributed by atoms with E-state index in [0.717, 1.165) is 64.7 Å². The fourth-order valence-corrected chi connectivity index (χ4v) is 4.20. The summed E-state index contributed by atoms with van der Waals surface area (Å²) in [6.07, 6.45) is 4.46. The summed E-state index contributed by atoms with van der Waals surface area (Å²) in [5.41, 5.74) is 7.48. The van der Waals surface area contributed by atoms with Crippen molar-refractivity contribution in [2.24, 2.45) is 7.05 Å². The first kappa shape index (κ1) is 20.1. The standard InChI is InChI=1S/C25H25N5O2/c1-30-21(14-16-8-11-18(31-2)12-9-16)23-20(29-30)13-10-17-15-26-25(28-24(17)23)27-19-6-4-5-7-22(19)32-3/h4-9,11-12,15H,10,13-14H2,1-3H3,(H,26,27,28). The van der Waals surface area contributed by atoms with E-state index in [2.05, 4.69) is 22.4 Å². The van der Waals surface area contributed by atoms with E-state index in [1.54, 1.807) is 14.2 Å². The van der Waals surface area contributed by atoms with E-state index in [1.807, 2.05) is 54.3 Å². The Morgan fingerprint density at radius 2 is 1.81 bits per heavy atom. The maximum Gasteiger partial charge on any atom is 0.227 e. The Morgan fingerprint density at radius 3 is 2.59 bits per heavy atom. The summed E-state index contributed by atoms with van der Waals surface area (Å²) in [6, 6.07) is 15.9. The maximum absolute atomic E-state index is 5.45. The van der Waals surface area contributed by atoms with E-state index >= 15 is 0 Å². The molecule has 0 saturated heterocycles. The van der Waals surface area contributed by atoms with E-state index in [0.29, 0.717) is 5.95 Å². The van der Waals surface area contributed by atoms with Crippen LogP contribution >= 0.6 is 0 Å². The van der Waals surface area contributed by atoms with E-state index < -0.39 is 0 Å². The van der Waals surface area contributed by atoms with Crippen molar-refractivity contribution in [1.29, 1.82) is 0 Å². The average Bonchev–Trinajstić information content (AvgIpc) is 3.15. The van der Waals surface area contributed by atoms with Gasteiger partial charge in [0.2, 0.25) is 5.95 Å². The Bertz CT molecular complexity index is 1260. The number of rotatable bonds is 6. The van der Waals surface area contributed by atoms with Gasteiger partial charge in [-0.15, -0.1) is 0 Å². The molecule has 0 spiro atoms. The molecule has 7 nitrogen and oxygen atoms in total. The van der Waals surface area contributed by atoms with Crippen LogP contribution in [-0.2, 0) is 26.3 Å². The van der Waals surface area contributed by atoms with Crippen LogP contribution in [0.3, 0.4) is 0 Å². The molecule has 0 atom stereocenters. The molecule has 4 aromatic rings. The van der Waals surface area contributed by atoms with E-state index in [4.69, 9.17) is 19.6 Å². The zero-order valence-electron chi connectivity index (χ0n) is 18.4. The lowest BCUT2D eigenvalue weighted by atomic mass is 9.91. The zero-order chi connectivity index (χ0) is 22.1. The lowest BCUT2D eigenvalue weighted by Gasteiger charge is -2.17. The van der Waals surface area contributed by atoms with Gasteiger partial charge in [0, 0.05) is 25.2 Å². The van der Waals surface area contributed by atoms with Crippen LogP contribution in [0, 0.1) is 0 Å². The number of methoxy groups -OCH3 is 2. The van der Waals surface area contributed by atoms with Gasteiger partial charge in [-0.2, -0.15) is 5.10 Å². The molecule has 1 aliphatic carbocycles. The monoisotopic (exact) mass is 427 g/mol. The molecule has 0 unspecified atom stereocenters. The molecule has 7 heteroatoms. The first-order valence-electron chi connectivity index (χ1n) is 10.6. The SMILES string of the molecule is COc1ccc(Cc2c3c(nn2C)CCc2cnc(Nc4ccccc4OC)nc2-3)cc1. The minimum absolute atomic E-state index is 0.542. The summed E-state index contributed by atoms with van der Waals surface area (Å²) in [5, 5.41) is 8.12. The highest BCUT2D eigenvalue weighted by Gasteiger charge is 2.26. The van der Waals surface area contributed by atoms with Crippen LogP contribution in [0.1, 0.15) is 22.5 Å². The first-order valence-corrected chi connectivity index (χ1v) is 10.6. The molecule has 1 N–H and O–H groups in total. The van der Waals surface area contributed by atoms with Crippen LogP contribution < -0.4 is 14.8 Å². The molecule has 0 bridgehead atoms. The highest BCUT2D eigenvalue weighted by molar-refractivity contribution is 5.73. The Morgan fingerprint density at radius 1 is 1.00 bits per heavy atom. The molecule has 0 amide bonds. The normalized spacial score (nSPS) is 12.1. The summed E-state index contributed by atoms with van der Waals surface area (Å²) >= 11 is 0.